The maximum atomic E-state index is 11.3. The number of guanidine groups is 1. The molecule has 1 fully saturated rings. The summed E-state index contributed by atoms with van der Waals surface area (Å²) in [7, 11) is 0.575. The van der Waals surface area contributed by atoms with Crippen LogP contribution in [-0.2, 0) is 14.8 Å². The normalized spacial score (nSPS) is 20.1. The van der Waals surface area contributed by atoms with Crippen LogP contribution in [0, 0.1) is 5.92 Å². The summed E-state index contributed by atoms with van der Waals surface area (Å²) in [6.45, 7) is 5.01. The van der Waals surface area contributed by atoms with Gasteiger partial charge in [0, 0.05) is 46.3 Å². The summed E-state index contributed by atoms with van der Waals surface area (Å²) in [4.78, 5) is 6.25. The third-order valence-corrected chi connectivity index (χ3v) is 4.64. The van der Waals surface area contributed by atoms with Gasteiger partial charge >= 0.3 is 0 Å². The van der Waals surface area contributed by atoms with Crippen LogP contribution in [0.3, 0.4) is 0 Å². The van der Waals surface area contributed by atoms with Crippen LogP contribution >= 0.6 is 0 Å². The SMILES string of the molecule is CCS(=O)(=O)NCCNC(=NC)N(C)CC1CCOC1. The Labute approximate surface area is 121 Å². The van der Waals surface area contributed by atoms with Crippen LogP contribution in [0.2, 0.25) is 0 Å². The fourth-order valence-corrected chi connectivity index (χ4v) is 2.69. The molecule has 20 heavy (non-hydrogen) atoms. The van der Waals surface area contributed by atoms with Crippen LogP contribution < -0.4 is 10.0 Å². The molecular weight excluding hydrogens is 280 g/mol. The minimum Gasteiger partial charge on any atom is -0.381 e. The predicted molar refractivity (Wildman–Crippen MR) is 80.4 cm³/mol. The molecule has 1 atom stereocenters. The van der Waals surface area contributed by atoms with E-state index in [1.165, 1.54) is 0 Å². The summed E-state index contributed by atoms with van der Waals surface area (Å²) in [6, 6.07) is 0. The Hall–Kier alpha value is -0.860. The van der Waals surface area contributed by atoms with Crippen molar-refractivity contribution in [2.24, 2.45) is 10.9 Å². The van der Waals surface area contributed by atoms with E-state index >= 15 is 0 Å². The number of nitrogens with zero attached hydrogens (tertiary/aromatic N) is 2. The molecule has 0 radical (unpaired) electrons. The molecule has 1 rings (SSSR count). The van der Waals surface area contributed by atoms with Gasteiger partial charge in [0.2, 0.25) is 10.0 Å². The van der Waals surface area contributed by atoms with Crippen molar-refractivity contribution in [3.63, 3.8) is 0 Å². The van der Waals surface area contributed by atoms with Crippen molar-refractivity contribution in [2.45, 2.75) is 13.3 Å². The van der Waals surface area contributed by atoms with Gasteiger partial charge in [-0.25, -0.2) is 13.1 Å². The Morgan fingerprint density at radius 1 is 1.45 bits per heavy atom. The summed E-state index contributed by atoms with van der Waals surface area (Å²) in [6.07, 6.45) is 1.08. The quantitative estimate of drug-likeness (QED) is 0.375. The lowest BCUT2D eigenvalue weighted by Crippen LogP contribution is -2.44. The molecule has 1 unspecified atom stereocenters. The van der Waals surface area contributed by atoms with Gasteiger partial charge < -0.3 is 15.0 Å². The fourth-order valence-electron chi connectivity index (χ4n) is 2.07. The number of hydrogen-bond acceptors (Lipinski definition) is 4. The van der Waals surface area contributed by atoms with Crippen molar-refractivity contribution in [2.75, 3.05) is 52.7 Å². The van der Waals surface area contributed by atoms with E-state index in [1.807, 2.05) is 11.9 Å². The van der Waals surface area contributed by atoms with Crippen LogP contribution in [0.15, 0.2) is 4.99 Å². The van der Waals surface area contributed by atoms with E-state index in [-0.39, 0.29) is 5.75 Å². The Morgan fingerprint density at radius 2 is 2.20 bits per heavy atom. The molecule has 0 bridgehead atoms. The van der Waals surface area contributed by atoms with E-state index in [0.29, 0.717) is 19.0 Å². The van der Waals surface area contributed by atoms with Crippen molar-refractivity contribution in [3.8, 4) is 0 Å². The van der Waals surface area contributed by atoms with Gasteiger partial charge in [0.25, 0.3) is 0 Å². The van der Waals surface area contributed by atoms with Crippen LogP contribution in [0.4, 0.5) is 0 Å². The molecule has 0 aliphatic carbocycles. The zero-order valence-corrected chi connectivity index (χ0v) is 13.4. The molecule has 0 aromatic rings. The second-order valence-corrected chi connectivity index (χ2v) is 6.98. The lowest BCUT2D eigenvalue weighted by molar-refractivity contribution is 0.181. The van der Waals surface area contributed by atoms with Crippen molar-refractivity contribution in [3.05, 3.63) is 0 Å². The van der Waals surface area contributed by atoms with E-state index in [9.17, 15) is 8.42 Å². The monoisotopic (exact) mass is 306 g/mol. The maximum absolute atomic E-state index is 11.3. The highest BCUT2D eigenvalue weighted by Crippen LogP contribution is 2.13. The number of nitrogens with one attached hydrogen (secondary N) is 2. The zero-order chi connectivity index (χ0) is 15.0. The minimum absolute atomic E-state index is 0.101. The Balaban J connectivity index is 2.28. The highest BCUT2D eigenvalue weighted by molar-refractivity contribution is 7.89. The molecule has 0 amide bonds. The maximum Gasteiger partial charge on any atom is 0.211 e. The van der Waals surface area contributed by atoms with E-state index < -0.39 is 10.0 Å². The van der Waals surface area contributed by atoms with E-state index in [4.69, 9.17) is 4.74 Å². The van der Waals surface area contributed by atoms with Crippen molar-refractivity contribution in [1.29, 1.82) is 0 Å². The number of rotatable bonds is 7. The summed E-state index contributed by atoms with van der Waals surface area (Å²) >= 11 is 0. The second-order valence-electron chi connectivity index (χ2n) is 4.88. The molecule has 8 heteroatoms. The number of ether oxygens (including phenoxy) is 1. The molecule has 0 aromatic carbocycles. The van der Waals surface area contributed by atoms with Gasteiger partial charge in [-0.3, -0.25) is 4.99 Å². The van der Waals surface area contributed by atoms with Gasteiger partial charge in [-0.05, 0) is 13.3 Å². The van der Waals surface area contributed by atoms with E-state index in [2.05, 4.69) is 15.0 Å². The number of sulfonamides is 1. The molecule has 118 valence electrons. The number of hydrogen-bond donors (Lipinski definition) is 2. The third-order valence-electron chi connectivity index (χ3n) is 3.24. The first-order valence-electron chi connectivity index (χ1n) is 6.95. The molecular formula is C12H26N4O3S. The molecule has 0 aromatic heterocycles. The average molecular weight is 306 g/mol. The Morgan fingerprint density at radius 3 is 2.75 bits per heavy atom. The highest BCUT2D eigenvalue weighted by atomic mass is 32.2. The first-order chi connectivity index (χ1) is 9.48. The predicted octanol–water partition coefficient (Wildman–Crippen LogP) is -0.531. The van der Waals surface area contributed by atoms with Crippen LogP contribution in [0.1, 0.15) is 13.3 Å². The van der Waals surface area contributed by atoms with Gasteiger partial charge in [0.15, 0.2) is 5.96 Å². The zero-order valence-electron chi connectivity index (χ0n) is 12.6. The minimum atomic E-state index is -3.12. The van der Waals surface area contributed by atoms with Crippen LogP contribution in [-0.4, -0.2) is 72.0 Å². The van der Waals surface area contributed by atoms with Crippen LogP contribution in [0.5, 0.6) is 0 Å². The third kappa shape index (κ3) is 6.06. The Kier molecular flexibility index (Phi) is 7.25. The lowest BCUT2D eigenvalue weighted by Gasteiger charge is -2.24. The molecule has 1 heterocycles. The molecule has 2 N–H and O–H groups in total. The summed E-state index contributed by atoms with van der Waals surface area (Å²) < 4.78 is 30.4. The number of aliphatic imine (C=N–C) groups is 1. The molecule has 1 aliphatic rings. The summed E-state index contributed by atoms with van der Waals surface area (Å²) in [5.41, 5.74) is 0. The molecule has 1 aliphatic heterocycles. The van der Waals surface area contributed by atoms with Gasteiger partial charge in [-0.2, -0.15) is 0 Å². The van der Waals surface area contributed by atoms with E-state index in [0.717, 1.165) is 32.1 Å². The molecule has 1 saturated heterocycles. The largest absolute Gasteiger partial charge is 0.381 e. The average Bonchev–Trinajstić information content (AvgIpc) is 2.91. The van der Waals surface area contributed by atoms with Gasteiger partial charge in [0.1, 0.15) is 0 Å². The topological polar surface area (TPSA) is 83.0 Å². The first kappa shape index (κ1) is 17.2. The summed E-state index contributed by atoms with van der Waals surface area (Å²) in [5, 5.41) is 3.15. The van der Waals surface area contributed by atoms with Crippen molar-refractivity contribution in [1.82, 2.24) is 14.9 Å². The lowest BCUT2D eigenvalue weighted by atomic mass is 10.1. The summed E-state index contributed by atoms with van der Waals surface area (Å²) in [5.74, 6) is 1.41. The van der Waals surface area contributed by atoms with Gasteiger partial charge in [0.05, 0.1) is 12.4 Å². The van der Waals surface area contributed by atoms with Crippen molar-refractivity contribution < 1.29 is 13.2 Å². The van der Waals surface area contributed by atoms with Crippen molar-refractivity contribution >= 4 is 16.0 Å². The van der Waals surface area contributed by atoms with Gasteiger partial charge in [-0.1, -0.05) is 0 Å². The smallest absolute Gasteiger partial charge is 0.211 e. The molecule has 7 nitrogen and oxygen atoms in total. The van der Waals surface area contributed by atoms with Crippen LogP contribution in [0.25, 0.3) is 0 Å². The van der Waals surface area contributed by atoms with Gasteiger partial charge in [-0.15, -0.1) is 0 Å². The molecule has 0 spiro atoms. The fraction of sp³-hybridized carbons (Fsp3) is 0.917. The molecule has 0 saturated carbocycles. The van der Waals surface area contributed by atoms with E-state index in [1.54, 1.807) is 14.0 Å². The Bertz CT molecular complexity index is 405. The first-order valence-corrected chi connectivity index (χ1v) is 8.60. The highest BCUT2D eigenvalue weighted by Gasteiger charge is 2.18. The standard InChI is InChI=1S/C12H26N4O3S/c1-4-20(17,18)15-7-6-14-12(13-2)16(3)9-11-5-8-19-10-11/h11,15H,4-10H2,1-3H3,(H,13,14). The second kappa shape index (κ2) is 8.43.